The number of esters is 1. The predicted molar refractivity (Wildman–Crippen MR) is 60.4 cm³/mol. The fraction of sp³-hybridized carbons (Fsp3) is 0.250. The molecule has 18 heavy (non-hydrogen) atoms. The summed E-state index contributed by atoms with van der Waals surface area (Å²) in [6.07, 6.45) is 2.48. The molecule has 0 unspecified atom stereocenters. The number of aryl methyl sites for hydroxylation is 1. The van der Waals surface area contributed by atoms with Gasteiger partial charge in [0.15, 0.2) is 0 Å². The Bertz CT molecular complexity index is 580. The third kappa shape index (κ3) is 2.22. The molecule has 2 rings (SSSR count). The largest absolute Gasteiger partial charge is 0.462 e. The van der Waals surface area contributed by atoms with Crippen LogP contribution in [0.15, 0.2) is 23.0 Å². The molecule has 0 amide bonds. The fourth-order valence-corrected chi connectivity index (χ4v) is 1.55. The van der Waals surface area contributed by atoms with Crippen LogP contribution in [0.2, 0.25) is 0 Å². The standard InChI is InChI=1S/C12H11FN2O3/c1-3-17-12(16)10-7(2)18-15-11(10)8-4-9(13)6-14-5-8/h4-6H,3H2,1-2H3. The van der Waals surface area contributed by atoms with Crippen LogP contribution in [0, 0.1) is 12.7 Å². The average molecular weight is 250 g/mol. The molecule has 0 fully saturated rings. The summed E-state index contributed by atoms with van der Waals surface area (Å²) in [5, 5.41) is 3.75. The minimum atomic E-state index is -0.546. The second-order valence-corrected chi connectivity index (χ2v) is 3.57. The maximum Gasteiger partial charge on any atom is 0.344 e. The number of carbonyl (C=O) groups is 1. The van der Waals surface area contributed by atoms with E-state index in [1.165, 1.54) is 12.3 Å². The van der Waals surface area contributed by atoms with Crippen molar-refractivity contribution in [2.45, 2.75) is 13.8 Å². The van der Waals surface area contributed by atoms with E-state index in [0.29, 0.717) is 11.3 Å². The average Bonchev–Trinajstić information content (AvgIpc) is 2.71. The van der Waals surface area contributed by atoms with E-state index in [2.05, 4.69) is 10.1 Å². The number of carbonyl (C=O) groups excluding carboxylic acids is 1. The van der Waals surface area contributed by atoms with Crippen LogP contribution in [0.5, 0.6) is 0 Å². The number of hydrogen-bond donors (Lipinski definition) is 0. The molecular formula is C12H11FN2O3. The zero-order chi connectivity index (χ0) is 13.1. The number of pyridine rings is 1. The van der Waals surface area contributed by atoms with Gasteiger partial charge in [-0.05, 0) is 19.9 Å². The second-order valence-electron chi connectivity index (χ2n) is 3.57. The summed E-state index contributed by atoms with van der Waals surface area (Å²) in [5.41, 5.74) is 0.803. The van der Waals surface area contributed by atoms with Crippen LogP contribution in [0.25, 0.3) is 11.3 Å². The normalized spacial score (nSPS) is 10.4. The first-order valence-corrected chi connectivity index (χ1v) is 5.37. The third-order valence-corrected chi connectivity index (χ3v) is 2.32. The summed E-state index contributed by atoms with van der Waals surface area (Å²) in [5.74, 6) is -0.730. The van der Waals surface area contributed by atoms with Crippen molar-refractivity contribution in [1.29, 1.82) is 0 Å². The van der Waals surface area contributed by atoms with Gasteiger partial charge in [0.05, 0.1) is 12.8 Å². The van der Waals surface area contributed by atoms with Crippen molar-refractivity contribution in [1.82, 2.24) is 10.1 Å². The first-order chi connectivity index (χ1) is 8.63. The van der Waals surface area contributed by atoms with Crippen LogP contribution in [-0.2, 0) is 4.74 Å². The molecule has 0 aliphatic carbocycles. The van der Waals surface area contributed by atoms with Crippen molar-refractivity contribution in [3.05, 3.63) is 35.6 Å². The van der Waals surface area contributed by atoms with Crippen LogP contribution < -0.4 is 0 Å². The van der Waals surface area contributed by atoms with Gasteiger partial charge in [-0.1, -0.05) is 5.16 Å². The van der Waals surface area contributed by atoms with Gasteiger partial charge in [-0.25, -0.2) is 9.18 Å². The molecule has 0 atom stereocenters. The molecule has 0 saturated heterocycles. The minimum Gasteiger partial charge on any atom is -0.462 e. The van der Waals surface area contributed by atoms with Crippen LogP contribution in [0.1, 0.15) is 23.0 Å². The molecule has 6 heteroatoms. The molecule has 0 aliphatic rings. The van der Waals surface area contributed by atoms with Gasteiger partial charge in [0.2, 0.25) is 0 Å². The van der Waals surface area contributed by atoms with Crippen molar-refractivity contribution in [3.63, 3.8) is 0 Å². The quantitative estimate of drug-likeness (QED) is 0.782. The lowest BCUT2D eigenvalue weighted by Crippen LogP contribution is -2.06. The van der Waals surface area contributed by atoms with Crippen LogP contribution in [0.4, 0.5) is 4.39 Å². The second kappa shape index (κ2) is 4.95. The Morgan fingerprint density at radius 2 is 2.28 bits per heavy atom. The van der Waals surface area contributed by atoms with E-state index in [-0.39, 0.29) is 17.9 Å². The van der Waals surface area contributed by atoms with Gasteiger partial charge >= 0.3 is 5.97 Å². The molecular weight excluding hydrogens is 239 g/mol. The molecule has 2 aromatic rings. The third-order valence-electron chi connectivity index (χ3n) is 2.32. The number of rotatable bonds is 3. The lowest BCUT2D eigenvalue weighted by molar-refractivity contribution is 0.0525. The van der Waals surface area contributed by atoms with E-state index in [9.17, 15) is 9.18 Å². The summed E-state index contributed by atoms with van der Waals surface area (Å²) < 4.78 is 23.0. The highest BCUT2D eigenvalue weighted by Crippen LogP contribution is 2.25. The van der Waals surface area contributed by atoms with E-state index in [4.69, 9.17) is 9.26 Å². The van der Waals surface area contributed by atoms with Gasteiger partial charge in [-0.3, -0.25) is 4.98 Å². The Morgan fingerprint density at radius 3 is 2.94 bits per heavy atom. The Kier molecular flexibility index (Phi) is 3.36. The number of nitrogens with zero attached hydrogens (tertiary/aromatic N) is 2. The highest BCUT2D eigenvalue weighted by molar-refractivity contribution is 5.96. The van der Waals surface area contributed by atoms with Gasteiger partial charge < -0.3 is 9.26 Å². The molecule has 2 heterocycles. The van der Waals surface area contributed by atoms with Crippen molar-refractivity contribution in [2.24, 2.45) is 0 Å². The molecule has 0 bridgehead atoms. The van der Waals surface area contributed by atoms with Gasteiger partial charge in [0, 0.05) is 11.8 Å². The maximum absolute atomic E-state index is 13.1. The number of ether oxygens (including phenoxy) is 1. The van der Waals surface area contributed by atoms with Crippen molar-refractivity contribution >= 4 is 5.97 Å². The maximum atomic E-state index is 13.1. The van der Waals surface area contributed by atoms with Gasteiger partial charge in [0.1, 0.15) is 22.8 Å². The van der Waals surface area contributed by atoms with Crippen molar-refractivity contribution in [2.75, 3.05) is 6.61 Å². The molecule has 0 N–H and O–H groups in total. The molecule has 0 radical (unpaired) electrons. The van der Waals surface area contributed by atoms with E-state index in [1.54, 1.807) is 13.8 Å². The Balaban J connectivity index is 2.49. The number of aromatic nitrogens is 2. The van der Waals surface area contributed by atoms with E-state index in [1.807, 2.05) is 0 Å². The Labute approximate surface area is 103 Å². The van der Waals surface area contributed by atoms with E-state index in [0.717, 1.165) is 6.20 Å². The number of halogens is 1. The van der Waals surface area contributed by atoms with Crippen molar-refractivity contribution < 1.29 is 18.4 Å². The molecule has 0 spiro atoms. The fourth-order valence-electron chi connectivity index (χ4n) is 1.55. The molecule has 0 aliphatic heterocycles. The van der Waals surface area contributed by atoms with Gasteiger partial charge in [-0.2, -0.15) is 0 Å². The molecule has 0 saturated carbocycles. The summed E-state index contributed by atoms with van der Waals surface area (Å²) >= 11 is 0. The lowest BCUT2D eigenvalue weighted by Gasteiger charge is -2.02. The minimum absolute atomic E-state index is 0.198. The first-order valence-electron chi connectivity index (χ1n) is 5.37. The molecule has 5 nitrogen and oxygen atoms in total. The zero-order valence-electron chi connectivity index (χ0n) is 9.94. The summed E-state index contributed by atoms with van der Waals surface area (Å²) in [7, 11) is 0. The Hall–Kier alpha value is -2.24. The van der Waals surface area contributed by atoms with Gasteiger partial charge in [0.25, 0.3) is 0 Å². The van der Waals surface area contributed by atoms with Crippen molar-refractivity contribution in [3.8, 4) is 11.3 Å². The zero-order valence-corrected chi connectivity index (χ0v) is 9.94. The Morgan fingerprint density at radius 1 is 1.50 bits per heavy atom. The summed E-state index contributed by atoms with van der Waals surface area (Å²) in [4.78, 5) is 15.5. The van der Waals surface area contributed by atoms with Crippen LogP contribution in [-0.4, -0.2) is 22.7 Å². The van der Waals surface area contributed by atoms with E-state index >= 15 is 0 Å². The highest BCUT2D eigenvalue weighted by Gasteiger charge is 2.23. The first kappa shape index (κ1) is 12.2. The van der Waals surface area contributed by atoms with Gasteiger partial charge in [-0.15, -0.1) is 0 Å². The summed E-state index contributed by atoms with van der Waals surface area (Å²) in [6, 6.07) is 1.23. The SMILES string of the molecule is CCOC(=O)c1c(-c2cncc(F)c2)noc1C. The molecule has 94 valence electrons. The van der Waals surface area contributed by atoms with Crippen LogP contribution >= 0.6 is 0 Å². The monoisotopic (exact) mass is 250 g/mol. The molecule has 2 aromatic heterocycles. The lowest BCUT2D eigenvalue weighted by atomic mass is 10.1. The number of hydrogen-bond acceptors (Lipinski definition) is 5. The van der Waals surface area contributed by atoms with Crippen LogP contribution in [0.3, 0.4) is 0 Å². The van der Waals surface area contributed by atoms with E-state index < -0.39 is 11.8 Å². The predicted octanol–water partition coefficient (Wildman–Crippen LogP) is 2.36. The summed E-state index contributed by atoms with van der Waals surface area (Å²) in [6.45, 7) is 3.53. The highest BCUT2D eigenvalue weighted by atomic mass is 19.1. The molecule has 0 aromatic carbocycles. The topological polar surface area (TPSA) is 65.2 Å². The smallest absolute Gasteiger partial charge is 0.344 e.